The number of quaternary nitrogens is 1. The van der Waals surface area contributed by atoms with E-state index in [1.165, 1.54) is 4.90 Å². The summed E-state index contributed by atoms with van der Waals surface area (Å²) >= 11 is 0. The molecule has 2 unspecified atom stereocenters. The van der Waals surface area contributed by atoms with Crippen LogP contribution < -0.4 is 22.6 Å². The molecule has 1 aliphatic heterocycles. The number of hydrogen-bond donors (Lipinski definition) is 3. The number of nitrogens with one attached hydrogen (secondary N) is 2. The molecule has 0 aromatic heterocycles. The number of aliphatic hydroxyl groups excluding tert-OH is 1. The molecule has 1 aliphatic rings. The van der Waals surface area contributed by atoms with Crippen molar-refractivity contribution >= 4 is 0 Å². The van der Waals surface area contributed by atoms with Crippen LogP contribution in [0.1, 0.15) is 13.8 Å². The SMILES string of the molecule is CC(C)C1C[NH+](CCO)CCN1.[Cl-]. The maximum atomic E-state index is 8.80. The van der Waals surface area contributed by atoms with E-state index in [9.17, 15) is 0 Å². The fourth-order valence-corrected chi connectivity index (χ4v) is 1.78. The molecule has 1 rings (SSSR count). The second-order valence-electron chi connectivity index (χ2n) is 3.98. The van der Waals surface area contributed by atoms with Gasteiger partial charge in [0.1, 0.15) is 6.54 Å². The summed E-state index contributed by atoms with van der Waals surface area (Å²) in [5.74, 6) is 0.707. The third-order valence-corrected chi connectivity index (χ3v) is 2.66. The third kappa shape index (κ3) is 4.27. The van der Waals surface area contributed by atoms with Crippen LogP contribution in [0.4, 0.5) is 0 Å². The molecule has 1 heterocycles. The van der Waals surface area contributed by atoms with E-state index in [0.29, 0.717) is 18.6 Å². The number of hydrogen-bond acceptors (Lipinski definition) is 2. The highest BCUT2D eigenvalue weighted by molar-refractivity contribution is 4.71. The van der Waals surface area contributed by atoms with Crippen molar-refractivity contribution in [2.24, 2.45) is 5.92 Å². The van der Waals surface area contributed by atoms with Crippen molar-refractivity contribution in [3.8, 4) is 0 Å². The van der Waals surface area contributed by atoms with Crippen molar-refractivity contribution in [1.82, 2.24) is 5.32 Å². The summed E-state index contributed by atoms with van der Waals surface area (Å²) in [4.78, 5) is 1.54. The van der Waals surface area contributed by atoms with Crippen LogP contribution in [0, 0.1) is 5.92 Å². The lowest BCUT2D eigenvalue weighted by Crippen LogP contribution is -3.16. The molecule has 13 heavy (non-hydrogen) atoms. The normalized spacial score (nSPS) is 28.6. The molecule has 1 fully saturated rings. The molecule has 1 saturated heterocycles. The first kappa shape index (κ1) is 13.2. The van der Waals surface area contributed by atoms with Crippen molar-refractivity contribution in [2.45, 2.75) is 19.9 Å². The first-order valence-corrected chi connectivity index (χ1v) is 4.92. The van der Waals surface area contributed by atoms with Crippen molar-refractivity contribution in [3.63, 3.8) is 0 Å². The van der Waals surface area contributed by atoms with Crippen molar-refractivity contribution in [3.05, 3.63) is 0 Å². The Hall–Kier alpha value is 0.170. The molecule has 0 spiro atoms. The minimum atomic E-state index is 0. The number of piperazine rings is 1. The summed E-state index contributed by atoms with van der Waals surface area (Å²) in [6.45, 7) is 9.14. The van der Waals surface area contributed by atoms with Crippen LogP contribution in [0.5, 0.6) is 0 Å². The van der Waals surface area contributed by atoms with Gasteiger partial charge in [-0.2, -0.15) is 0 Å². The minimum absolute atomic E-state index is 0. The molecule has 0 amide bonds. The van der Waals surface area contributed by atoms with E-state index in [-0.39, 0.29) is 12.4 Å². The summed E-state index contributed by atoms with van der Waals surface area (Å²) in [6, 6.07) is 0.639. The third-order valence-electron chi connectivity index (χ3n) is 2.66. The van der Waals surface area contributed by atoms with Gasteiger partial charge in [0.15, 0.2) is 0 Å². The Morgan fingerprint density at radius 2 is 2.23 bits per heavy atom. The number of aliphatic hydroxyl groups is 1. The van der Waals surface area contributed by atoms with Crippen LogP contribution in [0.25, 0.3) is 0 Å². The molecule has 0 bridgehead atoms. The first-order valence-electron chi connectivity index (χ1n) is 4.92. The van der Waals surface area contributed by atoms with Gasteiger partial charge in [-0.3, -0.25) is 0 Å². The van der Waals surface area contributed by atoms with Crippen molar-refractivity contribution in [2.75, 3.05) is 32.8 Å². The lowest BCUT2D eigenvalue weighted by molar-refractivity contribution is -0.905. The summed E-state index contributed by atoms with van der Waals surface area (Å²) in [5, 5.41) is 12.3. The molecular weight excluding hydrogens is 188 g/mol. The van der Waals surface area contributed by atoms with E-state index >= 15 is 0 Å². The summed E-state index contributed by atoms with van der Waals surface area (Å²) < 4.78 is 0. The molecule has 0 aliphatic carbocycles. The van der Waals surface area contributed by atoms with E-state index in [2.05, 4.69) is 19.2 Å². The van der Waals surface area contributed by atoms with Gasteiger partial charge in [-0.05, 0) is 5.92 Å². The molecule has 3 N–H and O–H groups in total. The van der Waals surface area contributed by atoms with Crippen LogP contribution in [-0.2, 0) is 0 Å². The smallest absolute Gasteiger partial charge is 0.101 e. The van der Waals surface area contributed by atoms with Gasteiger partial charge in [0.25, 0.3) is 0 Å². The quantitative estimate of drug-likeness (QED) is 0.438. The highest BCUT2D eigenvalue weighted by atomic mass is 35.5. The highest BCUT2D eigenvalue weighted by Crippen LogP contribution is 1.99. The maximum Gasteiger partial charge on any atom is 0.101 e. The zero-order valence-corrected chi connectivity index (χ0v) is 9.27. The van der Waals surface area contributed by atoms with Gasteiger partial charge in [-0.15, -0.1) is 0 Å². The Morgan fingerprint density at radius 3 is 2.77 bits per heavy atom. The molecule has 4 heteroatoms. The monoisotopic (exact) mass is 208 g/mol. The molecule has 2 atom stereocenters. The van der Waals surface area contributed by atoms with Gasteiger partial charge in [0, 0.05) is 6.54 Å². The van der Waals surface area contributed by atoms with Crippen LogP contribution in [0.2, 0.25) is 0 Å². The van der Waals surface area contributed by atoms with Crippen molar-refractivity contribution in [1.29, 1.82) is 0 Å². The van der Waals surface area contributed by atoms with E-state index in [0.717, 1.165) is 26.2 Å². The average Bonchev–Trinajstić information content (AvgIpc) is 2.05. The van der Waals surface area contributed by atoms with E-state index < -0.39 is 0 Å². The molecule has 0 radical (unpaired) electrons. The lowest BCUT2D eigenvalue weighted by Gasteiger charge is -2.32. The molecule has 80 valence electrons. The zero-order chi connectivity index (χ0) is 8.97. The van der Waals surface area contributed by atoms with E-state index in [1.807, 2.05) is 0 Å². The highest BCUT2D eigenvalue weighted by Gasteiger charge is 2.23. The Morgan fingerprint density at radius 1 is 1.54 bits per heavy atom. The van der Waals surface area contributed by atoms with Gasteiger partial charge >= 0.3 is 0 Å². The largest absolute Gasteiger partial charge is 1.00 e. The Kier molecular flexibility index (Phi) is 6.68. The molecular formula is C9H21ClN2O. The van der Waals surface area contributed by atoms with Crippen LogP contribution >= 0.6 is 0 Å². The molecule has 3 nitrogen and oxygen atoms in total. The van der Waals surface area contributed by atoms with Crippen LogP contribution in [-0.4, -0.2) is 43.9 Å². The molecule has 0 aromatic carbocycles. The first-order chi connectivity index (χ1) is 5.74. The van der Waals surface area contributed by atoms with Gasteiger partial charge in [-0.25, -0.2) is 0 Å². The average molecular weight is 209 g/mol. The predicted octanol–water partition coefficient (Wildman–Crippen LogP) is -4.50. The second kappa shape index (κ2) is 6.60. The molecule has 0 aromatic rings. The van der Waals surface area contributed by atoms with E-state index in [1.54, 1.807) is 0 Å². The fourth-order valence-electron chi connectivity index (χ4n) is 1.78. The number of halogens is 1. The van der Waals surface area contributed by atoms with E-state index in [4.69, 9.17) is 5.11 Å². The van der Waals surface area contributed by atoms with Crippen LogP contribution in [0.15, 0.2) is 0 Å². The fraction of sp³-hybridized carbons (Fsp3) is 1.00. The topological polar surface area (TPSA) is 36.7 Å². The molecule has 0 saturated carbocycles. The van der Waals surface area contributed by atoms with Crippen molar-refractivity contribution < 1.29 is 22.4 Å². The lowest BCUT2D eigenvalue weighted by atomic mass is 10.0. The predicted molar refractivity (Wildman–Crippen MR) is 49.3 cm³/mol. The van der Waals surface area contributed by atoms with Gasteiger partial charge < -0.3 is 27.7 Å². The van der Waals surface area contributed by atoms with Gasteiger partial charge in [0.05, 0.1) is 25.7 Å². The van der Waals surface area contributed by atoms with Crippen LogP contribution in [0.3, 0.4) is 0 Å². The summed E-state index contributed by atoms with van der Waals surface area (Å²) in [6.07, 6.45) is 0. The van der Waals surface area contributed by atoms with Gasteiger partial charge in [-0.1, -0.05) is 13.8 Å². The van der Waals surface area contributed by atoms with Gasteiger partial charge in [0.2, 0.25) is 0 Å². The standard InChI is InChI=1S/C9H20N2O.ClH/c1-8(2)9-7-11(5-6-12)4-3-10-9;/h8-10,12H,3-7H2,1-2H3;1H. The summed E-state index contributed by atoms with van der Waals surface area (Å²) in [7, 11) is 0. The Bertz CT molecular complexity index is 131. The minimum Gasteiger partial charge on any atom is -1.00 e. The maximum absolute atomic E-state index is 8.80. The Labute approximate surface area is 86.9 Å². The second-order valence-corrected chi connectivity index (χ2v) is 3.98. The summed E-state index contributed by atoms with van der Waals surface area (Å²) in [5.41, 5.74) is 0. The Balaban J connectivity index is 0.00000144. The number of rotatable bonds is 3. The zero-order valence-electron chi connectivity index (χ0n) is 8.52.